The Bertz CT molecular complexity index is 1280. The maximum atomic E-state index is 13.0. The number of likely N-dealkylation sites (tertiary alicyclic amines) is 1. The summed E-state index contributed by atoms with van der Waals surface area (Å²) in [6, 6.07) is 9.27. The lowest BCUT2D eigenvalue weighted by Crippen LogP contribution is -2.50. The minimum absolute atomic E-state index is 0.0241. The average molecular weight is 438 g/mol. The Hall–Kier alpha value is -3.70. The standard InChI is InChI=1S/C21H20N5O6/c27-19-6-3-15(18-2-1-7-32-18)22-25(19)12-20(28)23-9-13-8-14(11-23)16-4-5-17(26(30)31)21(29)24(16)10-13/h1-7,13-14,30H,8-12H2/q-1/t13-,14?/m0/s1. The zero-order valence-corrected chi connectivity index (χ0v) is 17.0. The van der Waals surface area contributed by atoms with Crippen LogP contribution in [0.15, 0.2) is 56.7 Å². The molecule has 0 radical (unpaired) electrons. The summed E-state index contributed by atoms with van der Waals surface area (Å²) in [5.74, 6) is 0.209. The van der Waals surface area contributed by atoms with Crippen LogP contribution in [0.5, 0.6) is 0 Å². The molecule has 3 aromatic rings. The average Bonchev–Trinajstić information content (AvgIpc) is 3.30. The van der Waals surface area contributed by atoms with Gasteiger partial charge in [-0.1, -0.05) is 0 Å². The van der Waals surface area contributed by atoms with E-state index >= 15 is 0 Å². The SMILES string of the molecule is O=C(Cn1nc(-c2ccco2)ccc1=O)N1CC2C[C@@H](C1)Cn1c2ccc(N([O-])O)c1=O. The number of pyridine rings is 1. The molecule has 2 bridgehead atoms. The number of nitrogens with zero attached hydrogens (tertiary/aromatic N) is 5. The van der Waals surface area contributed by atoms with Crippen LogP contribution in [-0.4, -0.2) is 43.5 Å². The predicted molar refractivity (Wildman–Crippen MR) is 112 cm³/mol. The molecule has 0 saturated carbocycles. The monoisotopic (exact) mass is 438 g/mol. The first kappa shape index (κ1) is 20.2. The maximum absolute atomic E-state index is 13.0. The molecule has 2 atom stereocenters. The van der Waals surface area contributed by atoms with Crippen LogP contribution in [0.1, 0.15) is 18.0 Å². The summed E-state index contributed by atoms with van der Waals surface area (Å²) in [4.78, 5) is 39.5. The Morgan fingerprint density at radius 2 is 2.03 bits per heavy atom. The van der Waals surface area contributed by atoms with Crippen molar-refractivity contribution in [3.63, 3.8) is 0 Å². The van der Waals surface area contributed by atoms with Gasteiger partial charge in [0.05, 0.1) is 6.26 Å². The maximum Gasteiger partial charge on any atom is 0.275 e. The lowest BCUT2D eigenvalue weighted by atomic mass is 9.83. The molecular formula is C21H20N5O6-. The van der Waals surface area contributed by atoms with Gasteiger partial charge in [0.2, 0.25) is 5.91 Å². The highest BCUT2D eigenvalue weighted by molar-refractivity contribution is 5.76. The number of rotatable bonds is 4. The van der Waals surface area contributed by atoms with Gasteiger partial charge in [0.1, 0.15) is 17.9 Å². The molecule has 2 aliphatic heterocycles. The summed E-state index contributed by atoms with van der Waals surface area (Å²) in [6.45, 7) is 0.968. The predicted octanol–water partition coefficient (Wildman–Crippen LogP) is 1.00. The molecule has 3 aromatic heterocycles. The molecule has 1 fully saturated rings. The highest BCUT2D eigenvalue weighted by atomic mass is 16.8. The van der Waals surface area contributed by atoms with Gasteiger partial charge < -0.3 is 24.3 Å². The van der Waals surface area contributed by atoms with Gasteiger partial charge in [0.25, 0.3) is 11.1 Å². The summed E-state index contributed by atoms with van der Waals surface area (Å²) >= 11 is 0. The first-order valence-corrected chi connectivity index (χ1v) is 10.2. The first-order valence-electron chi connectivity index (χ1n) is 10.2. The molecular weight excluding hydrogens is 418 g/mol. The number of furan rings is 1. The Labute approximate surface area is 181 Å². The summed E-state index contributed by atoms with van der Waals surface area (Å²) in [7, 11) is 0. The highest BCUT2D eigenvalue weighted by Gasteiger charge is 2.36. The number of hydrogen-bond donors (Lipinski definition) is 1. The van der Waals surface area contributed by atoms with Crippen molar-refractivity contribution < 1.29 is 14.4 Å². The second-order valence-corrected chi connectivity index (χ2v) is 8.12. The molecule has 5 heterocycles. The third kappa shape index (κ3) is 3.51. The van der Waals surface area contributed by atoms with E-state index in [1.807, 2.05) is 0 Å². The molecule has 1 N–H and O–H groups in total. The number of carbonyl (C=O) groups is 1. The van der Waals surface area contributed by atoms with Crippen LogP contribution in [0.25, 0.3) is 11.5 Å². The minimum atomic E-state index is -0.542. The van der Waals surface area contributed by atoms with E-state index < -0.39 is 10.8 Å². The second kappa shape index (κ2) is 7.77. The van der Waals surface area contributed by atoms with Crippen molar-refractivity contribution in [2.45, 2.75) is 25.4 Å². The molecule has 0 spiro atoms. The van der Waals surface area contributed by atoms with E-state index in [4.69, 9.17) is 9.62 Å². The van der Waals surface area contributed by atoms with Crippen molar-refractivity contribution in [3.05, 3.63) is 74.3 Å². The Kier molecular flexibility index (Phi) is 4.91. The van der Waals surface area contributed by atoms with Crippen molar-refractivity contribution in [2.24, 2.45) is 5.92 Å². The van der Waals surface area contributed by atoms with Crippen molar-refractivity contribution in [1.29, 1.82) is 0 Å². The third-order valence-electron chi connectivity index (χ3n) is 6.07. The smallest absolute Gasteiger partial charge is 0.275 e. The van der Waals surface area contributed by atoms with Gasteiger partial charge in [0, 0.05) is 37.3 Å². The Morgan fingerprint density at radius 1 is 1.19 bits per heavy atom. The van der Waals surface area contributed by atoms with Crippen molar-refractivity contribution >= 4 is 11.6 Å². The molecule has 2 aliphatic rings. The van der Waals surface area contributed by atoms with Crippen LogP contribution < -0.4 is 16.3 Å². The van der Waals surface area contributed by atoms with Gasteiger partial charge in [-0.3, -0.25) is 19.6 Å². The molecule has 1 amide bonds. The van der Waals surface area contributed by atoms with Crippen LogP contribution in [0.2, 0.25) is 0 Å². The fourth-order valence-corrected chi connectivity index (χ4v) is 4.63. The van der Waals surface area contributed by atoms with E-state index in [1.165, 1.54) is 23.0 Å². The number of anilines is 1. The van der Waals surface area contributed by atoms with E-state index in [0.717, 1.165) is 16.8 Å². The minimum Gasteiger partial charge on any atom is -0.733 e. The zero-order chi connectivity index (χ0) is 22.4. The molecule has 5 rings (SSSR count). The zero-order valence-electron chi connectivity index (χ0n) is 17.0. The fraction of sp³-hybridized carbons (Fsp3) is 0.333. The molecule has 0 aliphatic carbocycles. The normalized spacial score (nSPS) is 19.5. The van der Waals surface area contributed by atoms with Gasteiger partial charge in [-0.25, -0.2) is 4.68 Å². The van der Waals surface area contributed by atoms with Crippen LogP contribution in [0.3, 0.4) is 0 Å². The number of hydrogen-bond acceptors (Lipinski definition) is 8. The Morgan fingerprint density at radius 3 is 2.78 bits per heavy atom. The molecule has 1 saturated heterocycles. The van der Waals surface area contributed by atoms with E-state index in [2.05, 4.69) is 5.10 Å². The summed E-state index contributed by atoms with van der Waals surface area (Å²) in [6.07, 6.45) is 2.32. The molecule has 1 unspecified atom stereocenters. The molecule has 32 heavy (non-hydrogen) atoms. The topological polar surface area (TPSA) is 137 Å². The molecule has 0 aromatic carbocycles. The first-order chi connectivity index (χ1) is 15.4. The van der Waals surface area contributed by atoms with E-state index in [9.17, 15) is 19.6 Å². The van der Waals surface area contributed by atoms with Crippen LogP contribution >= 0.6 is 0 Å². The van der Waals surface area contributed by atoms with Gasteiger partial charge in [-0.15, -0.1) is 0 Å². The number of piperidine rings is 1. The van der Waals surface area contributed by atoms with E-state index in [-0.39, 0.29) is 35.5 Å². The van der Waals surface area contributed by atoms with Crippen LogP contribution in [-0.2, 0) is 17.9 Å². The summed E-state index contributed by atoms with van der Waals surface area (Å²) in [5.41, 5.74) is -0.0762. The highest BCUT2D eigenvalue weighted by Crippen LogP contribution is 2.35. The van der Waals surface area contributed by atoms with Crippen LogP contribution in [0, 0.1) is 11.1 Å². The quantitative estimate of drug-likeness (QED) is 0.596. The van der Waals surface area contributed by atoms with Crippen molar-refractivity contribution in [3.8, 4) is 11.5 Å². The third-order valence-corrected chi connectivity index (χ3v) is 6.07. The summed E-state index contributed by atoms with van der Waals surface area (Å²) < 4.78 is 7.95. The van der Waals surface area contributed by atoms with Crippen molar-refractivity contribution in [1.82, 2.24) is 19.2 Å². The number of amides is 1. The molecule has 11 nitrogen and oxygen atoms in total. The number of fused-ring (bicyclic) bond motifs is 4. The van der Waals surface area contributed by atoms with Gasteiger partial charge in [-0.05, 0) is 42.7 Å². The largest absolute Gasteiger partial charge is 0.733 e. The lowest BCUT2D eigenvalue weighted by molar-refractivity contribution is -0.134. The molecule has 11 heteroatoms. The number of carbonyl (C=O) groups excluding carboxylic acids is 1. The van der Waals surface area contributed by atoms with Gasteiger partial charge in [-0.2, -0.15) is 5.10 Å². The van der Waals surface area contributed by atoms with E-state index in [1.54, 1.807) is 29.2 Å². The Balaban J connectivity index is 1.37. The fourth-order valence-electron chi connectivity index (χ4n) is 4.63. The molecule has 166 valence electrons. The summed E-state index contributed by atoms with van der Waals surface area (Å²) in [5, 5.41) is 24.2. The van der Waals surface area contributed by atoms with Gasteiger partial charge in [0.15, 0.2) is 5.76 Å². The van der Waals surface area contributed by atoms with Crippen molar-refractivity contribution in [2.75, 3.05) is 18.3 Å². The second-order valence-electron chi connectivity index (χ2n) is 8.12. The number of aromatic nitrogens is 3. The van der Waals surface area contributed by atoms with Crippen LogP contribution in [0.4, 0.5) is 5.69 Å². The van der Waals surface area contributed by atoms with Gasteiger partial charge >= 0.3 is 0 Å². The van der Waals surface area contributed by atoms with E-state index in [0.29, 0.717) is 31.1 Å². The lowest BCUT2D eigenvalue weighted by Gasteiger charge is -2.43.